The summed E-state index contributed by atoms with van der Waals surface area (Å²) in [5, 5.41) is 6.35. The fraction of sp³-hybridized carbons (Fsp3) is 0.700. The van der Waals surface area contributed by atoms with Crippen LogP contribution < -0.4 is 10.6 Å². The third kappa shape index (κ3) is 5.07. The molecule has 1 fully saturated rings. The Bertz CT molecular complexity index is 599. The van der Waals surface area contributed by atoms with Crippen LogP contribution in [0.15, 0.2) is 6.07 Å². The summed E-state index contributed by atoms with van der Waals surface area (Å²) >= 11 is 1.57. The number of amides is 1. The third-order valence-corrected chi connectivity index (χ3v) is 6.60. The van der Waals surface area contributed by atoms with Crippen LogP contribution in [0.5, 0.6) is 0 Å². The van der Waals surface area contributed by atoms with Crippen LogP contribution in [0, 0.1) is 5.92 Å². The van der Waals surface area contributed by atoms with E-state index in [0.29, 0.717) is 23.8 Å². The first-order chi connectivity index (χ1) is 12.7. The number of aryl methyl sites for hydroxylation is 1. The van der Waals surface area contributed by atoms with E-state index in [4.69, 9.17) is 4.74 Å². The van der Waals surface area contributed by atoms with Gasteiger partial charge in [-0.25, -0.2) is 4.79 Å². The Hall–Kier alpha value is -1.40. The van der Waals surface area contributed by atoms with Gasteiger partial charge >= 0.3 is 5.97 Å². The highest BCUT2D eigenvalue weighted by atomic mass is 32.1. The lowest BCUT2D eigenvalue weighted by molar-refractivity contribution is -0.146. The SMILES string of the molecule is CCOC(=O)C(CC1CCCCC1)NC(=O)c1cc2c(s1)CCCNC2. The van der Waals surface area contributed by atoms with Gasteiger partial charge in [0, 0.05) is 11.4 Å². The van der Waals surface area contributed by atoms with Crippen LogP contribution in [0.1, 0.15) is 72.0 Å². The molecule has 2 aliphatic rings. The minimum absolute atomic E-state index is 0.142. The van der Waals surface area contributed by atoms with Gasteiger partial charge in [-0.2, -0.15) is 0 Å². The number of carbonyl (C=O) groups excluding carboxylic acids is 2. The summed E-state index contributed by atoms with van der Waals surface area (Å²) in [6.45, 7) is 3.99. The quantitative estimate of drug-likeness (QED) is 0.745. The van der Waals surface area contributed by atoms with Crippen LogP contribution >= 0.6 is 11.3 Å². The molecule has 0 bridgehead atoms. The topological polar surface area (TPSA) is 67.4 Å². The van der Waals surface area contributed by atoms with Gasteiger partial charge in [-0.15, -0.1) is 11.3 Å². The maximum Gasteiger partial charge on any atom is 0.328 e. The summed E-state index contributed by atoms with van der Waals surface area (Å²) in [7, 11) is 0. The van der Waals surface area contributed by atoms with Crippen molar-refractivity contribution in [3.8, 4) is 0 Å². The zero-order valence-corrected chi connectivity index (χ0v) is 16.5. The zero-order valence-electron chi connectivity index (χ0n) is 15.6. The molecule has 1 atom stereocenters. The van der Waals surface area contributed by atoms with Crippen molar-refractivity contribution in [1.82, 2.24) is 10.6 Å². The highest BCUT2D eigenvalue weighted by molar-refractivity contribution is 7.14. The van der Waals surface area contributed by atoms with Crippen molar-refractivity contribution in [2.75, 3.05) is 13.2 Å². The normalized spacial score (nSPS) is 19.3. The second-order valence-corrected chi connectivity index (χ2v) is 8.49. The van der Waals surface area contributed by atoms with E-state index in [1.807, 2.05) is 6.07 Å². The van der Waals surface area contributed by atoms with E-state index in [2.05, 4.69) is 10.6 Å². The van der Waals surface area contributed by atoms with E-state index in [0.717, 1.165) is 38.8 Å². The highest BCUT2D eigenvalue weighted by Gasteiger charge is 2.28. The van der Waals surface area contributed by atoms with Crippen molar-refractivity contribution in [3.63, 3.8) is 0 Å². The zero-order chi connectivity index (χ0) is 18.4. The summed E-state index contributed by atoms with van der Waals surface area (Å²) in [5.41, 5.74) is 1.22. The van der Waals surface area contributed by atoms with Gasteiger partial charge in [-0.1, -0.05) is 32.1 Å². The number of rotatable bonds is 6. The molecule has 1 saturated carbocycles. The summed E-state index contributed by atoms with van der Waals surface area (Å²) in [6.07, 6.45) is 8.82. The second kappa shape index (κ2) is 9.51. The Morgan fingerprint density at radius 1 is 1.31 bits per heavy atom. The lowest BCUT2D eigenvalue weighted by Gasteiger charge is -2.26. The Morgan fingerprint density at radius 2 is 2.12 bits per heavy atom. The number of carbonyl (C=O) groups is 2. The number of fused-ring (bicyclic) bond motifs is 1. The number of esters is 1. The van der Waals surface area contributed by atoms with Crippen LogP contribution in [0.3, 0.4) is 0 Å². The molecule has 0 aromatic carbocycles. The van der Waals surface area contributed by atoms with Gasteiger partial charge in [0.25, 0.3) is 5.91 Å². The lowest BCUT2D eigenvalue weighted by Crippen LogP contribution is -2.43. The molecule has 0 radical (unpaired) electrons. The van der Waals surface area contributed by atoms with E-state index >= 15 is 0 Å². The van der Waals surface area contributed by atoms with Crippen molar-refractivity contribution in [2.24, 2.45) is 5.92 Å². The molecule has 1 aromatic heterocycles. The van der Waals surface area contributed by atoms with Gasteiger partial charge < -0.3 is 15.4 Å². The van der Waals surface area contributed by atoms with Crippen LogP contribution in [-0.4, -0.2) is 31.1 Å². The summed E-state index contributed by atoms with van der Waals surface area (Å²) in [4.78, 5) is 27.2. The molecule has 5 nitrogen and oxygen atoms in total. The fourth-order valence-electron chi connectivity index (χ4n) is 3.98. The number of thiophene rings is 1. The van der Waals surface area contributed by atoms with Crippen LogP contribution in [0.4, 0.5) is 0 Å². The van der Waals surface area contributed by atoms with Crippen LogP contribution in [0.2, 0.25) is 0 Å². The predicted molar refractivity (Wildman–Crippen MR) is 103 cm³/mol. The number of nitrogens with one attached hydrogen (secondary N) is 2. The highest BCUT2D eigenvalue weighted by Crippen LogP contribution is 2.29. The van der Waals surface area contributed by atoms with E-state index in [-0.39, 0.29) is 11.9 Å². The van der Waals surface area contributed by atoms with Crippen LogP contribution in [-0.2, 0) is 22.5 Å². The van der Waals surface area contributed by atoms with Crippen molar-refractivity contribution >= 4 is 23.2 Å². The first-order valence-electron chi connectivity index (χ1n) is 9.97. The lowest BCUT2D eigenvalue weighted by atomic mass is 9.85. The van der Waals surface area contributed by atoms with Gasteiger partial charge in [0.1, 0.15) is 6.04 Å². The Labute approximate surface area is 159 Å². The maximum atomic E-state index is 12.8. The molecular weight excluding hydrogens is 348 g/mol. The molecule has 26 heavy (non-hydrogen) atoms. The largest absolute Gasteiger partial charge is 0.464 e. The van der Waals surface area contributed by atoms with Crippen molar-refractivity contribution in [3.05, 3.63) is 21.4 Å². The molecule has 144 valence electrons. The smallest absolute Gasteiger partial charge is 0.328 e. The van der Waals surface area contributed by atoms with Crippen LogP contribution in [0.25, 0.3) is 0 Å². The number of hydrogen-bond acceptors (Lipinski definition) is 5. The minimum atomic E-state index is -0.536. The monoisotopic (exact) mass is 378 g/mol. The standard InChI is InChI=1S/C20H30N2O3S/c1-2-25-20(24)16(11-14-7-4-3-5-8-14)22-19(23)18-12-15-13-21-10-6-9-17(15)26-18/h12,14,16,21H,2-11,13H2,1H3,(H,22,23). The molecule has 1 aliphatic heterocycles. The summed E-state index contributed by atoms with van der Waals surface area (Å²) in [5.74, 6) is 0.0610. The van der Waals surface area contributed by atoms with E-state index < -0.39 is 6.04 Å². The molecule has 1 aromatic rings. The van der Waals surface area contributed by atoms with Gasteiger partial charge in [0.15, 0.2) is 0 Å². The number of hydrogen-bond donors (Lipinski definition) is 2. The second-order valence-electron chi connectivity index (χ2n) is 7.36. The molecule has 0 saturated heterocycles. The van der Waals surface area contributed by atoms with Gasteiger partial charge in [0.2, 0.25) is 0 Å². The molecule has 1 unspecified atom stereocenters. The van der Waals surface area contributed by atoms with E-state index in [1.54, 1.807) is 18.3 Å². The molecule has 2 N–H and O–H groups in total. The average molecular weight is 379 g/mol. The van der Waals surface area contributed by atoms with Crippen molar-refractivity contribution in [1.29, 1.82) is 0 Å². The van der Waals surface area contributed by atoms with Crippen molar-refractivity contribution in [2.45, 2.75) is 70.9 Å². The van der Waals surface area contributed by atoms with Gasteiger partial charge in [0.05, 0.1) is 11.5 Å². The molecular formula is C20H30N2O3S. The molecule has 0 spiro atoms. The van der Waals surface area contributed by atoms with E-state index in [1.165, 1.54) is 29.7 Å². The predicted octanol–water partition coefficient (Wildman–Crippen LogP) is 3.42. The van der Waals surface area contributed by atoms with Crippen molar-refractivity contribution < 1.29 is 14.3 Å². The molecule has 6 heteroatoms. The Morgan fingerprint density at radius 3 is 2.88 bits per heavy atom. The molecule has 3 rings (SSSR count). The van der Waals surface area contributed by atoms with Gasteiger partial charge in [-0.3, -0.25) is 4.79 Å². The molecule has 1 amide bonds. The Kier molecular flexibility index (Phi) is 7.08. The fourth-order valence-corrected chi connectivity index (χ4v) is 5.11. The maximum absolute atomic E-state index is 12.8. The summed E-state index contributed by atoms with van der Waals surface area (Å²) in [6, 6.07) is 1.45. The molecule has 1 aliphatic carbocycles. The van der Waals surface area contributed by atoms with Gasteiger partial charge in [-0.05, 0) is 50.3 Å². The first-order valence-corrected chi connectivity index (χ1v) is 10.8. The van der Waals surface area contributed by atoms with E-state index in [9.17, 15) is 9.59 Å². The molecule has 2 heterocycles. The number of ether oxygens (including phenoxy) is 1. The third-order valence-electron chi connectivity index (χ3n) is 5.36. The summed E-state index contributed by atoms with van der Waals surface area (Å²) < 4.78 is 5.22. The minimum Gasteiger partial charge on any atom is -0.464 e. The first kappa shape index (κ1) is 19.4. The average Bonchev–Trinajstić information content (AvgIpc) is 2.93. The Balaban J connectivity index is 1.66.